The van der Waals surface area contributed by atoms with Gasteiger partial charge < -0.3 is 14.2 Å². The summed E-state index contributed by atoms with van der Waals surface area (Å²) >= 11 is 0. The molecule has 4 heteroatoms. The highest BCUT2D eigenvalue weighted by Crippen LogP contribution is 2.26. The molecule has 0 spiro atoms. The summed E-state index contributed by atoms with van der Waals surface area (Å²) in [5.41, 5.74) is 3.73. The van der Waals surface area contributed by atoms with Crippen LogP contribution in [0.5, 0.6) is 11.5 Å². The van der Waals surface area contributed by atoms with Crippen molar-refractivity contribution in [2.24, 2.45) is 0 Å². The van der Waals surface area contributed by atoms with Crippen molar-refractivity contribution in [2.45, 2.75) is 104 Å². The van der Waals surface area contributed by atoms with Crippen molar-refractivity contribution in [3.8, 4) is 22.6 Å². The van der Waals surface area contributed by atoms with Crippen LogP contribution in [0, 0.1) is 0 Å². The molecule has 1 unspecified atom stereocenters. The van der Waals surface area contributed by atoms with E-state index in [1.165, 1.54) is 57.8 Å². The second kappa shape index (κ2) is 19.1. The lowest BCUT2D eigenvalue weighted by molar-refractivity contribution is 0.0635. The second-order valence-corrected chi connectivity index (χ2v) is 11.0. The Labute approximate surface area is 248 Å². The van der Waals surface area contributed by atoms with Crippen molar-refractivity contribution in [1.82, 2.24) is 0 Å². The zero-order valence-electron chi connectivity index (χ0n) is 25.5. The fraction of sp³-hybridized carbons (Fsp3) is 0.486. The number of carbonyl (C=O) groups excluding carboxylic acids is 1. The Hall–Kier alpha value is -3.11. The summed E-state index contributed by atoms with van der Waals surface area (Å²) in [5, 5.41) is 0. The van der Waals surface area contributed by atoms with E-state index >= 15 is 0 Å². The van der Waals surface area contributed by atoms with Crippen LogP contribution in [0.2, 0.25) is 0 Å². The molecule has 0 radical (unpaired) electrons. The summed E-state index contributed by atoms with van der Waals surface area (Å²) in [7, 11) is 0. The highest BCUT2D eigenvalue weighted by molar-refractivity contribution is 5.91. The summed E-state index contributed by atoms with van der Waals surface area (Å²) in [4.78, 5) is 12.6. The molecule has 3 rings (SSSR count). The van der Waals surface area contributed by atoms with Crippen LogP contribution in [-0.2, 0) is 4.74 Å². The van der Waals surface area contributed by atoms with Gasteiger partial charge in [-0.25, -0.2) is 4.79 Å². The van der Waals surface area contributed by atoms with Crippen molar-refractivity contribution < 1.29 is 19.0 Å². The van der Waals surface area contributed by atoms with Crippen LogP contribution in [0.1, 0.15) is 120 Å². The number of esters is 1. The van der Waals surface area contributed by atoms with Crippen molar-refractivity contribution in [3.05, 3.63) is 83.9 Å². The standard InChI is InChI=1S/C37H50O4/c1-4-6-8-9-10-11-12-13-14-15-29-40-35-24-20-32(21-25-35)33-22-26-36(27-23-33)41-37(38)34-18-16-31(17-19-34)30(3)39-28-7-5-2/h16-27,30H,4-15,28-29H2,1-3H3. The van der Waals surface area contributed by atoms with E-state index in [1.807, 2.05) is 55.5 Å². The number of hydrogen-bond donors (Lipinski definition) is 0. The van der Waals surface area contributed by atoms with Crippen LogP contribution in [0.3, 0.4) is 0 Å². The topological polar surface area (TPSA) is 44.8 Å². The minimum Gasteiger partial charge on any atom is -0.494 e. The molecule has 0 bridgehead atoms. The number of carbonyl (C=O) groups is 1. The Morgan fingerprint density at radius 3 is 1.66 bits per heavy atom. The molecule has 1 atom stereocenters. The van der Waals surface area contributed by atoms with Gasteiger partial charge in [-0.2, -0.15) is 0 Å². The third-order valence-corrected chi connectivity index (χ3v) is 7.50. The first-order valence-electron chi connectivity index (χ1n) is 15.9. The van der Waals surface area contributed by atoms with Gasteiger partial charge in [0.15, 0.2) is 0 Å². The van der Waals surface area contributed by atoms with Crippen LogP contribution in [0.4, 0.5) is 0 Å². The van der Waals surface area contributed by atoms with Crippen molar-refractivity contribution in [2.75, 3.05) is 13.2 Å². The van der Waals surface area contributed by atoms with Gasteiger partial charge in [-0.15, -0.1) is 0 Å². The molecule has 0 heterocycles. The highest BCUT2D eigenvalue weighted by Gasteiger charge is 2.11. The first kappa shape index (κ1) is 32.4. The molecule has 3 aromatic carbocycles. The van der Waals surface area contributed by atoms with E-state index in [0.29, 0.717) is 11.3 Å². The lowest BCUT2D eigenvalue weighted by atomic mass is 10.1. The van der Waals surface area contributed by atoms with Gasteiger partial charge in [-0.1, -0.05) is 114 Å². The van der Waals surface area contributed by atoms with Crippen molar-refractivity contribution in [3.63, 3.8) is 0 Å². The Balaban J connectivity index is 1.37. The maximum Gasteiger partial charge on any atom is 0.343 e. The fourth-order valence-corrected chi connectivity index (χ4v) is 4.80. The molecular weight excluding hydrogens is 508 g/mol. The van der Waals surface area contributed by atoms with Crippen molar-refractivity contribution >= 4 is 5.97 Å². The van der Waals surface area contributed by atoms with Gasteiger partial charge in [0, 0.05) is 6.61 Å². The molecule has 0 saturated heterocycles. The molecule has 0 N–H and O–H groups in total. The van der Waals surface area contributed by atoms with Crippen LogP contribution in [0.25, 0.3) is 11.1 Å². The molecule has 0 amide bonds. The number of rotatable bonds is 20. The van der Waals surface area contributed by atoms with E-state index in [4.69, 9.17) is 14.2 Å². The molecule has 3 aromatic rings. The monoisotopic (exact) mass is 558 g/mol. The average molecular weight is 559 g/mol. The molecular formula is C37H50O4. The van der Waals surface area contributed by atoms with E-state index < -0.39 is 0 Å². The van der Waals surface area contributed by atoms with Gasteiger partial charge in [0.25, 0.3) is 0 Å². The van der Waals surface area contributed by atoms with E-state index in [1.54, 1.807) is 12.1 Å². The fourth-order valence-electron chi connectivity index (χ4n) is 4.80. The molecule has 41 heavy (non-hydrogen) atoms. The number of hydrogen-bond acceptors (Lipinski definition) is 4. The average Bonchev–Trinajstić information content (AvgIpc) is 3.01. The third kappa shape index (κ3) is 12.1. The predicted octanol–water partition coefficient (Wildman–Crippen LogP) is 10.8. The first-order chi connectivity index (χ1) is 20.1. The van der Waals surface area contributed by atoms with E-state index in [9.17, 15) is 4.79 Å². The lowest BCUT2D eigenvalue weighted by Crippen LogP contribution is -2.09. The molecule has 0 aliphatic rings. The molecule has 4 nitrogen and oxygen atoms in total. The predicted molar refractivity (Wildman–Crippen MR) is 170 cm³/mol. The Morgan fingerprint density at radius 2 is 1.10 bits per heavy atom. The first-order valence-corrected chi connectivity index (χ1v) is 15.9. The van der Waals surface area contributed by atoms with Crippen LogP contribution in [-0.4, -0.2) is 19.2 Å². The normalized spacial score (nSPS) is 11.8. The number of benzene rings is 3. The van der Waals surface area contributed by atoms with E-state index in [2.05, 4.69) is 26.0 Å². The maximum atomic E-state index is 12.6. The molecule has 222 valence electrons. The van der Waals surface area contributed by atoms with Gasteiger partial charge in [0.05, 0.1) is 18.3 Å². The maximum absolute atomic E-state index is 12.6. The zero-order valence-corrected chi connectivity index (χ0v) is 25.5. The summed E-state index contributed by atoms with van der Waals surface area (Å²) in [6.07, 6.45) is 15.4. The zero-order chi connectivity index (χ0) is 29.1. The quantitative estimate of drug-likeness (QED) is 0.0786. The van der Waals surface area contributed by atoms with E-state index in [0.717, 1.165) is 54.9 Å². The SMILES string of the molecule is CCCCCCCCCCCCOc1ccc(-c2ccc(OC(=O)c3ccc(C(C)OCCCC)cc3)cc2)cc1. The third-order valence-electron chi connectivity index (χ3n) is 7.50. The summed E-state index contributed by atoms with van der Waals surface area (Å²) < 4.78 is 17.4. The largest absolute Gasteiger partial charge is 0.494 e. The van der Waals surface area contributed by atoms with Gasteiger partial charge in [-0.05, 0) is 72.9 Å². The van der Waals surface area contributed by atoms with Gasteiger partial charge in [-0.3, -0.25) is 0 Å². The summed E-state index contributed by atoms with van der Waals surface area (Å²) in [6, 6.07) is 23.3. The second-order valence-electron chi connectivity index (χ2n) is 11.0. The molecule has 0 aliphatic heterocycles. The Kier molecular flexibility index (Phi) is 15.1. The van der Waals surface area contributed by atoms with Gasteiger partial charge in [0.2, 0.25) is 0 Å². The molecule has 0 aromatic heterocycles. The lowest BCUT2D eigenvalue weighted by Gasteiger charge is -2.13. The van der Waals surface area contributed by atoms with Crippen molar-refractivity contribution in [1.29, 1.82) is 0 Å². The minimum atomic E-state index is -0.368. The van der Waals surface area contributed by atoms with Crippen LogP contribution < -0.4 is 9.47 Å². The summed E-state index contributed by atoms with van der Waals surface area (Å²) in [6.45, 7) is 7.96. The summed E-state index contributed by atoms with van der Waals surface area (Å²) in [5.74, 6) is 1.06. The highest BCUT2D eigenvalue weighted by atomic mass is 16.5. The number of ether oxygens (including phenoxy) is 3. The molecule has 0 fully saturated rings. The molecule has 0 saturated carbocycles. The molecule has 0 aliphatic carbocycles. The smallest absolute Gasteiger partial charge is 0.343 e. The van der Waals surface area contributed by atoms with Crippen LogP contribution in [0.15, 0.2) is 72.8 Å². The number of unbranched alkanes of at least 4 members (excludes halogenated alkanes) is 10. The Bertz CT molecular complexity index is 1100. The van der Waals surface area contributed by atoms with E-state index in [-0.39, 0.29) is 12.1 Å². The van der Waals surface area contributed by atoms with Gasteiger partial charge >= 0.3 is 5.97 Å². The van der Waals surface area contributed by atoms with Crippen LogP contribution >= 0.6 is 0 Å². The Morgan fingerprint density at radius 1 is 0.585 bits per heavy atom. The minimum absolute atomic E-state index is 0.00401. The van der Waals surface area contributed by atoms with Gasteiger partial charge in [0.1, 0.15) is 11.5 Å².